The van der Waals surface area contributed by atoms with Crippen molar-refractivity contribution in [2.24, 2.45) is 0 Å². The van der Waals surface area contributed by atoms with Gasteiger partial charge >= 0.3 is 0 Å². The molecule has 0 unspecified atom stereocenters. The van der Waals surface area contributed by atoms with Gasteiger partial charge in [-0.3, -0.25) is 4.98 Å². The summed E-state index contributed by atoms with van der Waals surface area (Å²) in [5.41, 5.74) is 0.960. The summed E-state index contributed by atoms with van der Waals surface area (Å²) in [6.07, 6.45) is 1.77. The Balaban J connectivity index is 2.07. The van der Waals surface area contributed by atoms with Crippen molar-refractivity contribution in [2.45, 2.75) is 13.2 Å². The Hall–Kier alpha value is -1.79. The van der Waals surface area contributed by atoms with Gasteiger partial charge in [0.15, 0.2) is 0 Å². The lowest BCUT2D eigenvalue weighted by atomic mass is 10.3. The van der Waals surface area contributed by atoms with Crippen LogP contribution in [0.3, 0.4) is 0 Å². The maximum Gasteiger partial charge on any atom is 0.135 e. The van der Waals surface area contributed by atoms with Gasteiger partial charge in [0, 0.05) is 19.4 Å². The summed E-state index contributed by atoms with van der Waals surface area (Å²) in [6, 6.07) is 7.57. The van der Waals surface area contributed by atoms with Gasteiger partial charge in [0.25, 0.3) is 0 Å². The van der Waals surface area contributed by atoms with Crippen LogP contribution in [0.25, 0.3) is 0 Å². The number of pyridine rings is 1. The van der Waals surface area contributed by atoms with Gasteiger partial charge in [-0.1, -0.05) is 18.3 Å². The van der Waals surface area contributed by atoms with E-state index < -0.39 is 0 Å². The van der Waals surface area contributed by atoms with E-state index in [0.29, 0.717) is 23.6 Å². The van der Waals surface area contributed by atoms with Crippen molar-refractivity contribution in [3.05, 3.63) is 46.6 Å². The molecule has 0 aromatic carbocycles. The van der Waals surface area contributed by atoms with Crippen LogP contribution in [-0.4, -0.2) is 22.1 Å². The van der Waals surface area contributed by atoms with Gasteiger partial charge in [-0.05, 0) is 12.1 Å². The van der Waals surface area contributed by atoms with Crippen LogP contribution in [0.15, 0.2) is 30.5 Å². The van der Waals surface area contributed by atoms with Crippen LogP contribution in [0.4, 0.5) is 5.82 Å². The molecule has 0 saturated carbocycles. The Bertz CT molecular complexity index is 556. The molecule has 2 N–H and O–H groups in total. The number of hydrogen-bond donors (Lipinski definition) is 2. The Labute approximate surface area is 110 Å². The maximum atomic E-state index is 5.09. The number of aromatic nitrogens is 3. The first kappa shape index (κ1) is 12.7. The number of anilines is 1. The fourth-order valence-corrected chi connectivity index (χ4v) is 1.73. The molecule has 18 heavy (non-hydrogen) atoms. The normalized spacial score (nSPS) is 10.3. The van der Waals surface area contributed by atoms with Gasteiger partial charge in [0.05, 0.1) is 12.2 Å². The fourth-order valence-electron chi connectivity index (χ4n) is 1.50. The molecular formula is C12H14N4OS. The van der Waals surface area contributed by atoms with E-state index in [1.54, 1.807) is 19.4 Å². The highest BCUT2D eigenvalue weighted by molar-refractivity contribution is 7.71. The lowest BCUT2D eigenvalue weighted by Crippen LogP contribution is -2.06. The van der Waals surface area contributed by atoms with Gasteiger partial charge in [0.2, 0.25) is 0 Å². The van der Waals surface area contributed by atoms with E-state index >= 15 is 0 Å². The molecule has 94 valence electrons. The molecule has 0 aliphatic heterocycles. The molecule has 2 heterocycles. The van der Waals surface area contributed by atoms with Gasteiger partial charge in [-0.25, -0.2) is 4.98 Å². The van der Waals surface area contributed by atoms with Crippen molar-refractivity contribution in [3.8, 4) is 0 Å². The van der Waals surface area contributed by atoms with Crippen molar-refractivity contribution in [1.82, 2.24) is 15.0 Å². The van der Waals surface area contributed by atoms with E-state index in [-0.39, 0.29) is 0 Å². The molecule has 0 amide bonds. The summed E-state index contributed by atoms with van der Waals surface area (Å²) >= 11 is 5.09. The first-order valence-electron chi connectivity index (χ1n) is 5.51. The number of aromatic amines is 1. The van der Waals surface area contributed by atoms with Crippen LogP contribution in [0, 0.1) is 4.64 Å². The number of hydrogen-bond acceptors (Lipinski definition) is 5. The Morgan fingerprint density at radius 1 is 1.44 bits per heavy atom. The summed E-state index contributed by atoms with van der Waals surface area (Å²) in [6.45, 7) is 1.03. The Morgan fingerprint density at radius 3 is 3.06 bits per heavy atom. The minimum Gasteiger partial charge on any atom is -0.377 e. The molecule has 0 aliphatic rings. The van der Waals surface area contributed by atoms with Crippen LogP contribution in [0.1, 0.15) is 11.5 Å². The molecule has 2 aromatic rings. The summed E-state index contributed by atoms with van der Waals surface area (Å²) in [5.74, 6) is 1.52. The van der Waals surface area contributed by atoms with Crippen LogP contribution < -0.4 is 5.32 Å². The highest BCUT2D eigenvalue weighted by atomic mass is 32.1. The predicted octanol–water partition coefficient (Wildman–Crippen LogP) is 2.29. The van der Waals surface area contributed by atoms with E-state index in [9.17, 15) is 0 Å². The van der Waals surface area contributed by atoms with E-state index in [1.807, 2.05) is 18.2 Å². The molecule has 6 heteroatoms. The summed E-state index contributed by atoms with van der Waals surface area (Å²) in [5, 5.41) is 3.22. The van der Waals surface area contributed by atoms with Crippen molar-refractivity contribution in [1.29, 1.82) is 0 Å². The second-order valence-corrected chi connectivity index (χ2v) is 4.11. The zero-order valence-electron chi connectivity index (χ0n) is 10.0. The molecule has 0 fully saturated rings. The standard InChI is InChI=1S/C12H14N4OS/c1-17-8-11-15-10(6-12(18)16-11)14-7-9-4-2-3-5-13-9/h2-6H,7-8H2,1H3,(H2,14,15,16,18). The third kappa shape index (κ3) is 3.61. The summed E-state index contributed by atoms with van der Waals surface area (Å²) in [7, 11) is 1.62. The molecule has 0 bridgehead atoms. The lowest BCUT2D eigenvalue weighted by molar-refractivity contribution is 0.178. The quantitative estimate of drug-likeness (QED) is 0.809. The molecular weight excluding hydrogens is 248 g/mol. The van der Waals surface area contributed by atoms with Crippen LogP contribution in [0.2, 0.25) is 0 Å². The number of ether oxygens (including phenoxy) is 1. The third-order valence-electron chi connectivity index (χ3n) is 2.26. The summed E-state index contributed by atoms with van der Waals surface area (Å²) < 4.78 is 5.55. The molecule has 0 aliphatic carbocycles. The van der Waals surface area contributed by atoms with Crippen molar-refractivity contribution >= 4 is 18.0 Å². The molecule has 0 atom stereocenters. The van der Waals surface area contributed by atoms with Crippen molar-refractivity contribution in [3.63, 3.8) is 0 Å². The van der Waals surface area contributed by atoms with Gasteiger partial charge in [0.1, 0.15) is 22.9 Å². The van der Waals surface area contributed by atoms with Gasteiger partial charge < -0.3 is 15.0 Å². The second kappa shape index (κ2) is 6.23. The number of nitrogens with zero attached hydrogens (tertiary/aromatic N) is 2. The molecule has 5 nitrogen and oxygen atoms in total. The van der Waals surface area contributed by atoms with Crippen molar-refractivity contribution < 1.29 is 4.74 Å². The van der Waals surface area contributed by atoms with E-state index in [1.165, 1.54) is 0 Å². The van der Waals surface area contributed by atoms with Crippen LogP contribution >= 0.6 is 12.2 Å². The topological polar surface area (TPSA) is 62.8 Å². The summed E-state index contributed by atoms with van der Waals surface area (Å²) in [4.78, 5) is 11.5. The predicted molar refractivity (Wildman–Crippen MR) is 71.7 cm³/mol. The number of methoxy groups -OCH3 is 1. The average Bonchev–Trinajstić information content (AvgIpc) is 2.37. The largest absolute Gasteiger partial charge is 0.377 e. The average molecular weight is 262 g/mol. The van der Waals surface area contributed by atoms with Crippen LogP contribution in [-0.2, 0) is 17.9 Å². The van der Waals surface area contributed by atoms with E-state index in [4.69, 9.17) is 17.0 Å². The smallest absolute Gasteiger partial charge is 0.135 e. The maximum absolute atomic E-state index is 5.09. The Morgan fingerprint density at radius 2 is 2.33 bits per heavy atom. The first-order chi connectivity index (χ1) is 8.78. The van der Waals surface area contributed by atoms with Gasteiger partial charge in [-0.15, -0.1) is 0 Å². The minimum absolute atomic E-state index is 0.406. The van der Waals surface area contributed by atoms with Gasteiger partial charge in [-0.2, -0.15) is 0 Å². The molecule has 2 rings (SSSR count). The fraction of sp³-hybridized carbons (Fsp3) is 0.250. The highest BCUT2D eigenvalue weighted by Crippen LogP contribution is 2.06. The van der Waals surface area contributed by atoms with E-state index in [0.717, 1.165) is 11.5 Å². The number of rotatable bonds is 5. The second-order valence-electron chi connectivity index (χ2n) is 3.69. The highest BCUT2D eigenvalue weighted by Gasteiger charge is 1.99. The van der Waals surface area contributed by atoms with E-state index in [2.05, 4.69) is 20.3 Å². The number of H-pyrrole nitrogens is 1. The minimum atomic E-state index is 0.406. The molecule has 0 saturated heterocycles. The third-order valence-corrected chi connectivity index (χ3v) is 2.47. The number of nitrogens with one attached hydrogen (secondary N) is 2. The SMILES string of the molecule is COCc1nc(=S)cc(NCc2ccccn2)[nH]1. The molecule has 0 spiro atoms. The zero-order valence-corrected chi connectivity index (χ0v) is 10.8. The first-order valence-corrected chi connectivity index (χ1v) is 5.92. The van der Waals surface area contributed by atoms with Crippen molar-refractivity contribution in [2.75, 3.05) is 12.4 Å². The lowest BCUT2D eigenvalue weighted by Gasteiger charge is -2.07. The molecule has 2 aromatic heterocycles. The zero-order chi connectivity index (χ0) is 12.8. The Kier molecular flexibility index (Phi) is 4.38. The monoisotopic (exact) mass is 262 g/mol. The molecule has 0 radical (unpaired) electrons. The van der Waals surface area contributed by atoms with Crippen LogP contribution in [0.5, 0.6) is 0 Å².